The monoisotopic (exact) mass is 385 g/mol. The van der Waals surface area contributed by atoms with Gasteiger partial charge >= 0.3 is 0 Å². The summed E-state index contributed by atoms with van der Waals surface area (Å²) in [4.78, 5) is 34.8. The molecule has 0 atom stereocenters. The van der Waals surface area contributed by atoms with Crippen LogP contribution >= 0.6 is 11.3 Å². The van der Waals surface area contributed by atoms with E-state index in [9.17, 15) is 9.59 Å². The minimum absolute atomic E-state index is 0.357. The van der Waals surface area contributed by atoms with Crippen molar-refractivity contribution in [1.82, 2.24) is 9.96 Å². The van der Waals surface area contributed by atoms with E-state index in [1.165, 1.54) is 10.6 Å². The van der Waals surface area contributed by atoms with Gasteiger partial charge in [0.2, 0.25) is 0 Å². The number of aryl methyl sites for hydroxylation is 1. The third-order valence-electron chi connectivity index (χ3n) is 5.09. The third-order valence-corrected chi connectivity index (χ3v) is 6.17. The molecule has 0 bridgehead atoms. The zero-order valence-electron chi connectivity index (χ0n) is 15.4. The quantitative estimate of drug-likeness (QED) is 0.565. The molecule has 2 aliphatic rings. The van der Waals surface area contributed by atoms with Crippen LogP contribution in [0, 0.1) is 6.92 Å². The summed E-state index contributed by atoms with van der Waals surface area (Å²) < 4.78 is 0. The van der Waals surface area contributed by atoms with Crippen LogP contribution in [0.1, 0.15) is 32.7 Å². The van der Waals surface area contributed by atoms with Gasteiger partial charge in [0.05, 0.1) is 22.7 Å². The first-order valence-corrected chi connectivity index (χ1v) is 10.2. The molecule has 0 unspecified atom stereocenters. The molecule has 1 fully saturated rings. The fourth-order valence-corrected chi connectivity index (χ4v) is 4.58. The van der Waals surface area contributed by atoms with Crippen LogP contribution in [0.25, 0.3) is 0 Å². The summed E-state index contributed by atoms with van der Waals surface area (Å²) in [6, 6.07) is 9.00. The highest BCUT2D eigenvalue weighted by molar-refractivity contribution is 7.14. The lowest BCUT2D eigenvalue weighted by atomic mass is 10.1. The summed E-state index contributed by atoms with van der Waals surface area (Å²) in [7, 11) is 0. The molecule has 0 saturated carbocycles. The van der Waals surface area contributed by atoms with E-state index in [4.69, 9.17) is 4.84 Å². The number of fused-ring (bicyclic) bond motifs is 1. The van der Waals surface area contributed by atoms with Gasteiger partial charge in [-0.25, -0.2) is 0 Å². The Morgan fingerprint density at radius 1 is 1.00 bits per heavy atom. The summed E-state index contributed by atoms with van der Waals surface area (Å²) in [5.74, 6) is -0.730. The Balaban J connectivity index is 1.20. The molecule has 1 aromatic carbocycles. The first-order chi connectivity index (χ1) is 13.1. The van der Waals surface area contributed by atoms with Gasteiger partial charge in [0.1, 0.15) is 0 Å². The molecule has 3 heterocycles. The number of rotatable bonds is 6. The fraction of sp³-hybridized carbons (Fsp3) is 0.400. The van der Waals surface area contributed by atoms with Gasteiger partial charge in [-0.2, -0.15) is 0 Å². The Morgan fingerprint density at radius 3 is 2.26 bits per heavy atom. The van der Waals surface area contributed by atoms with E-state index in [0.717, 1.165) is 44.2 Å². The minimum atomic E-state index is -0.365. The molecule has 1 aromatic heterocycles. The summed E-state index contributed by atoms with van der Waals surface area (Å²) >= 11 is 1.81. The van der Waals surface area contributed by atoms with Crippen LogP contribution in [0.4, 0.5) is 5.00 Å². The largest absolute Gasteiger partial charge is 0.361 e. The van der Waals surface area contributed by atoms with E-state index in [0.29, 0.717) is 17.7 Å². The average Bonchev–Trinajstić information content (AvgIpc) is 3.22. The molecular weight excluding hydrogens is 362 g/mol. The number of thiophene rings is 1. The van der Waals surface area contributed by atoms with Gasteiger partial charge in [0, 0.05) is 32.7 Å². The van der Waals surface area contributed by atoms with Gasteiger partial charge in [0.25, 0.3) is 11.8 Å². The SMILES string of the molecule is Cc1ccsc1N1CCN(CCCON2C(=O)c3ccccc3C2=O)CC1. The van der Waals surface area contributed by atoms with Crippen LogP contribution < -0.4 is 4.90 Å². The molecular formula is C20H23N3O3S. The van der Waals surface area contributed by atoms with Gasteiger partial charge in [-0.3, -0.25) is 19.3 Å². The van der Waals surface area contributed by atoms with Crippen LogP contribution in [-0.4, -0.2) is 61.1 Å². The molecule has 0 aliphatic carbocycles. The van der Waals surface area contributed by atoms with Crippen molar-refractivity contribution in [2.75, 3.05) is 44.2 Å². The van der Waals surface area contributed by atoms with E-state index in [1.54, 1.807) is 35.6 Å². The van der Waals surface area contributed by atoms with Crippen LogP contribution in [0.15, 0.2) is 35.7 Å². The second-order valence-corrected chi connectivity index (χ2v) is 7.77. The van der Waals surface area contributed by atoms with E-state index >= 15 is 0 Å². The van der Waals surface area contributed by atoms with Crippen molar-refractivity contribution in [3.63, 3.8) is 0 Å². The van der Waals surface area contributed by atoms with Crippen molar-refractivity contribution in [3.05, 3.63) is 52.4 Å². The number of piperazine rings is 1. The minimum Gasteiger partial charge on any atom is -0.361 e. The topological polar surface area (TPSA) is 53.1 Å². The predicted octanol–water partition coefficient (Wildman–Crippen LogP) is 2.80. The number of hydrogen-bond donors (Lipinski definition) is 0. The molecule has 0 N–H and O–H groups in total. The number of hydrogen-bond acceptors (Lipinski definition) is 6. The molecule has 0 radical (unpaired) electrons. The van der Waals surface area contributed by atoms with Crippen LogP contribution in [0.5, 0.6) is 0 Å². The first-order valence-electron chi connectivity index (χ1n) is 9.27. The number of amides is 2. The third kappa shape index (κ3) is 3.63. The van der Waals surface area contributed by atoms with Crippen molar-refractivity contribution >= 4 is 28.2 Å². The number of carbonyl (C=O) groups is 2. The molecule has 4 rings (SSSR count). The summed E-state index contributed by atoms with van der Waals surface area (Å²) in [5, 5.41) is 4.43. The Hall–Kier alpha value is -2.22. The number of anilines is 1. The standard InChI is InChI=1S/C20H23N3O3S/c1-15-7-14-27-20(15)22-11-9-21(10-12-22)8-4-13-26-23-18(24)16-5-2-3-6-17(16)19(23)25/h2-3,5-7,14H,4,8-13H2,1H3. The summed E-state index contributed by atoms with van der Waals surface area (Å²) in [6.07, 6.45) is 0.783. The Morgan fingerprint density at radius 2 is 1.67 bits per heavy atom. The highest BCUT2D eigenvalue weighted by Gasteiger charge is 2.36. The van der Waals surface area contributed by atoms with Crippen LogP contribution in [0.2, 0.25) is 0 Å². The van der Waals surface area contributed by atoms with Crippen molar-refractivity contribution in [2.24, 2.45) is 0 Å². The number of nitrogens with zero attached hydrogens (tertiary/aromatic N) is 3. The van der Waals surface area contributed by atoms with Crippen molar-refractivity contribution in [1.29, 1.82) is 0 Å². The molecule has 6 nitrogen and oxygen atoms in total. The summed E-state index contributed by atoms with van der Waals surface area (Å²) in [6.45, 7) is 7.51. The Labute approximate surface area is 162 Å². The molecule has 1 saturated heterocycles. The van der Waals surface area contributed by atoms with E-state index in [2.05, 4.69) is 28.2 Å². The van der Waals surface area contributed by atoms with Crippen molar-refractivity contribution in [3.8, 4) is 0 Å². The van der Waals surface area contributed by atoms with Crippen molar-refractivity contribution < 1.29 is 14.4 Å². The maximum Gasteiger partial charge on any atom is 0.285 e. The van der Waals surface area contributed by atoms with Gasteiger partial charge in [-0.15, -0.1) is 16.4 Å². The molecule has 7 heteroatoms. The number of imide groups is 1. The molecule has 0 spiro atoms. The normalized spacial score (nSPS) is 17.7. The highest BCUT2D eigenvalue weighted by atomic mass is 32.1. The fourth-order valence-electron chi connectivity index (χ4n) is 3.59. The Bertz CT molecular complexity index is 808. The number of benzene rings is 1. The molecule has 2 aromatic rings. The maximum atomic E-state index is 12.2. The van der Waals surface area contributed by atoms with Gasteiger partial charge in [0.15, 0.2) is 0 Å². The molecule has 142 valence electrons. The second-order valence-electron chi connectivity index (χ2n) is 6.87. The van der Waals surface area contributed by atoms with Gasteiger partial charge in [-0.05, 0) is 42.5 Å². The zero-order chi connectivity index (χ0) is 18.8. The molecule has 2 aliphatic heterocycles. The lowest BCUT2D eigenvalue weighted by molar-refractivity contribution is -0.0930. The van der Waals surface area contributed by atoms with E-state index < -0.39 is 0 Å². The molecule has 27 heavy (non-hydrogen) atoms. The number of carbonyl (C=O) groups excluding carboxylic acids is 2. The predicted molar refractivity (Wildman–Crippen MR) is 105 cm³/mol. The van der Waals surface area contributed by atoms with E-state index in [-0.39, 0.29) is 11.8 Å². The summed E-state index contributed by atoms with van der Waals surface area (Å²) in [5.41, 5.74) is 2.19. The van der Waals surface area contributed by atoms with Crippen LogP contribution in [-0.2, 0) is 4.84 Å². The maximum absolute atomic E-state index is 12.2. The second kappa shape index (κ2) is 7.80. The first kappa shape index (κ1) is 18.2. The van der Waals surface area contributed by atoms with Gasteiger partial charge in [-0.1, -0.05) is 12.1 Å². The number of hydroxylamine groups is 2. The van der Waals surface area contributed by atoms with Gasteiger partial charge < -0.3 is 4.90 Å². The zero-order valence-corrected chi connectivity index (χ0v) is 16.2. The highest BCUT2D eigenvalue weighted by Crippen LogP contribution is 2.27. The molecule has 2 amide bonds. The average molecular weight is 385 g/mol. The lowest BCUT2D eigenvalue weighted by Gasteiger charge is -2.35. The van der Waals surface area contributed by atoms with E-state index in [1.807, 2.05) is 0 Å². The Kier molecular flexibility index (Phi) is 5.24. The lowest BCUT2D eigenvalue weighted by Crippen LogP contribution is -2.46. The van der Waals surface area contributed by atoms with Crippen molar-refractivity contribution in [2.45, 2.75) is 13.3 Å². The smallest absolute Gasteiger partial charge is 0.285 e. The van der Waals surface area contributed by atoms with Crippen LogP contribution in [0.3, 0.4) is 0 Å².